The van der Waals surface area contributed by atoms with Gasteiger partial charge >= 0.3 is 5.97 Å². The molecule has 0 fully saturated rings. The van der Waals surface area contributed by atoms with Crippen LogP contribution in [0, 0.1) is 10.1 Å². The minimum atomic E-state index is -1.17. The molecule has 98 valence electrons. The minimum absolute atomic E-state index is 0.0806. The van der Waals surface area contributed by atoms with E-state index in [-0.39, 0.29) is 11.3 Å². The second kappa shape index (κ2) is 6.97. The van der Waals surface area contributed by atoms with Crippen molar-refractivity contribution in [2.24, 2.45) is 0 Å². The first-order valence-electron chi connectivity index (χ1n) is 5.19. The van der Waals surface area contributed by atoms with Crippen LogP contribution in [0.4, 0.5) is 5.69 Å². The van der Waals surface area contributed by atoms with Gasteiger partial charge in [0.1, 0.15) is 0 Å². The Hall–Kier alpha value is -1.60. The molecule has 0 saturated heterocycles. The third-order valence-corrected chi connectivity index (χ3v) is 3.30. The molecular formula is C11H13NO5S. The topological polar surface area (TPSA) is 89.7 Å². The molecule has 0 unspecified atom stereocenters. The summed E-state index contributed by atoms with van der Waals surface area (Å²) < 4.78 is 4.88. The molecule has 0 amide bonds. The molecule has 0 radical (unpaired) electrons. The lowest BCUT2D eigenvalue weighted by atomic mass is 10.2. The van der Waals surface area contributed by atoms with Crippen LogP contribution in [0.5, 0.6) is 0 Å². The Balaban J connectivity index is 2.83. The van der Waals surface area contributed by atoms with Crippen molar-refractivity contribution in [2.75, 3.05) is 19.5 Å². The zero-order valence-corrected chi connectivity index (χ0v) is 10.6. The number of aromatic carboxylic acids is 1. The van der Waals surface area contributed by atoms with Gasteiger partial charge in [-0.15, -0.1) is 11.8 Å². The number of rotatable bonds is 7. The lowest BCUT2D eigenvalue weighted by Crippen LogP contribution is -1.99. The summed E-state index contributed by atoms with van der Waals surface area (Å²) in [6.45, 7) is 0.591. The number of carbonyl (C=O) groups is 1. The molecule has 0 aliphatic carbocycles. The molecule has 0 aromatic heterocycles. The van der Waals surface area contributed by atoms with Crippen molar-refractivity contribution in [3.63, 3.8) is 0 Å². The average molecular weight is 271 g/mol. The van der Waals surface area contributed by atoms with Gasteiger partial charge in [-0.25, -0.2) is 4.79 Å². The van der Waals surface area contributed by atoms with Crippen LogP contribution >= 0.6 is 11.8 Å². The summed E-state index contributed by atoms with van der Waals surface area (Å²) in [6.07, 6.45) is 0.777. The third kappa shape index (κ3) is 4.01. The zero-order valence-electron chi connectivity index (χ0n) is 9.79. The number of nitro groups is 1. The molecular weight excluding hydrogens is 258 g/mol. The van der Waals surface area contributed by atoms with Gasteiger partial charge in [0.2, 0.25) is 0 Å². The molecule has 1 N–H and O–H groups in total. The van der Waals surface area contributed by atoms with Gasteiger partial charge in [-0.1, -0.05) is 0 Å². The van der Waals surface area contributed by atoms with Gasteiger partial charge in [-0.05, 0) is 18.6 Å². The largest absolute Gasteiger partial charge is 0.478 e. The van der Waals surface area contributed by atoms with Crippen LogP contribution in [-0.2, 0) is 4.74 Å². The number of benzene rings is 1. The van der Waals surface area contributed by atoms with Gasteiger partial charge in [-0.3, -0.25) is 10.1 Å². The first-order chi connectivity index (χ1) is 8.56. The summed E-state index contributed by atoms with van der Waals surface area (Å²) in [4.78, 5) is 21.5. The van der Waals surface area contributed by atoms with Gasteiger partial charge in [0.15, 0.2) is 0 Å². The molecule has 0 aliphatic heterocycles. The highest BCUT2D eigenvalue weighted by molar-refractivity contribution is 7.99. The average Bonchev–Trinajstić information content (AvgIpc) is 2.34. The fourth-order valence-electron chi connectivity index (χ4n) is 1.30. The SMILES string of the molecule is COCCCSc1ccc(C(=O)O)cc1[N+](=O)[O-]. The van der Waals surface area contributed by atoms with Gasteiger partial charge in [0.05, 0.1) is 15.4 Å². The van der Waals surface area contributed by atoms with Crippen LogP contribution in [0.1, 0.15) is 16.8 Å². The Kier molecular flexibility index (Phi) is 5.60. The van der Waals surface area contributed by atoms with Crippen LogP contribution in [0.3, 0.4) is 0 Å². The number of carboxylic acid groups (broad SMARTS) is 1. The van der Waals surface area contributed by atoms with E-state index in [1.165, 1.54) is 23.9 Å². The lowest BCUT2D eigenvalue weighted by molar-refractivity contribution is -0.387. The Morgan fingerprint density at radius 3 is 2.83 bits per heavy atom. The highest BCUT2D eigenvalue weighted by atomic mass is 32.2. The van der Waals surface area contributed by atoms with E-state index in [1.54, 1.807) is 7.11 Å². The molecule has 0 spiro atoms. The number of carboxylic acids is 1. The van der Waals surface area contributed by atoms with Crippen molar-refractivity contribution >= 4 is 23.4 Å². The molecule has 1 aromatic carbocycles. The summed E-state index contributed by atoms with van der Waals surface area (Å²) in [5.41, 5.74) is -0.250. The van der Waals surface area contributed by atoms with Gasteiger partial charge in [-0.2, -0.15) is 0 Å². The molecule has 18 heavy (non-hydrogen) atoms. The summed E-state index contributed by atoms with van der Waals surface area (Å²) >= 11 is 1.32. The Morgan fingerprint density at radius 1 is 1.56 bits per heavy atom. The first kappa shape index (κ1) is 14.5. The van der Waals surface area contributed by atoms with Crippen LogP contribution in [-0.4, -0.2) is 35.5 Å². The van der Waals surface area contributed by atoms with Gasteiger partial charge < -0.3 is 9.84 Å². The number of nitro benzene ring substituents is 1. The van der Waals surface area contributed by atoms with Gasteiger partial charge in [0.25, 0.3) is 5.69 Å². The molecule has 0 heterocycles. The number of nitrogens with zero attached hydrogens (tertiary/aromatic N) is 1. The maximum atomic E-state index is 10.9. The smallest absolute Gasteiger partial charge is 0.335 e. The lowest BCUT2D eigenvalue weighted by Gasteiger charge is -2.03. The third-order valence-electron chi connectivity index (χ3n) is 2.15. The highest BCUT2D eigenvalue weighted by Crippen LogP contribution is 2.30. The van der Waals surface area contributed by atoms with E-state index in [0.29, 0.717) is 17.3 Å². The predicted octanol–water partition coefficient (Wildman–Crippen LogP) is 2.42. The highest BCUT2D eigenvalue weighted by Gasteiger charge is 2.17. The van der Waals surface area contributed by atoms with Crippen molar-refractivity contribution in [3.05, 3.63) is 33.9 Å². The second-order valence-corrected chi connectivity index (χ2v) is 4.58. The van der Waals surface area contributed by atoms with E-state index < -0.39 is 10.9 Å². The number of hydrogen-bond donors (Lipinski definition) is 1. The summed E-state index contributed by atoms with van der Waals surface area (Å²) in [6, 6.07) is 3.92. The fourth-order valence-corrected chi connectivity index (χ4v) is 2.23. The molecule has 1 aromatic rings. The Labute approximate surface area is 108 Å². The standard InChI is InChI=1S/C11H13NO5S/c1-17-5-2-6-18-10-4-3-8(11(13)14)7-9(10)12(15)16/h3-4,7H,2,5-6H2,1H3,(H,13,14). The number of ether oxygens (including phenoxy) is 1. The first-order valence-corrected chi connectivity index (χ1v) is 6.18. The van der Waals surface area contributed by atoms with E-state index in [1.807, 2.05) is 0 Å². The van der Waals surface area contributed by atoms with E-state index in [9.17, 15) is 14.9 Å². The van der Waals surface area contributed by atoms with Crippen molar-refractivity contribution in [1.82, 2.24) is 0 Å². The fraction of sp³-hybridized carbons (Fsp3) is 0.364. The molecule has 7 heteroatoms. The molecule has 1 rings (SSSR count). The van der Waals surface area contributed by atoms with E-state index in [4.69, 9.17) is 9.84 Å². The molecule has 0 saturated carbocycles. The summed E-state index contributed by atoms with van der Waals surface area (Å²) in [5, 5.41) is 19.6. The minimum Gasteiger partial charge on any atom is -0.478 e. The van der Waals surface area contributed by atoms with Crippen LogP contribution < -0.4 is 0 Å². The van der Waals surface area contributed by atoms with Crippen molar-refractivity contribution in [2.45, 2.75) is 11.3 Å². The summed E-state index contributed by atoms with van der Waals surface area (Å²) in [7, 11) is 1.59. The molecule has 0 aliphatic rings. The quantitative estimate of drug-likeness (QED) is 0.354. The van der Waals surface area contributed by atoms with Crippen LogP contribution in [0.2, 0.25) is 0 Å². The summed E-state index contributed by atoms with van der Waals surface area (Å²) in [5.74, 6) is -0.491. The monoisotopic (exact) mass is 271 g/mol. The maximum Gasteiger partial charge on any atom is 0.335 e. The zero-order chi connectivity index (χ0) is 13.5. The van der Waals surface area contributed by atoms with E-state index in [0.717, 1.165) is 12.5 Å². The van der Waals surface area contributed by atoms with Crippen LogP contribution in [0.15, 0.2) is 23.1 Å². The normalized spacial score (nSPS) is 10.3. The predicted molar refractivity (Wildman–Crippen MR) is 67.3 cm³/mol. The molecule has 6 nitrogen and oxygen atoms in total. The van der Waals surface area contributed by atoms with E-state index in [2.05, 4.69) is 0 Å². The van der Waals surface area contributed by atoms with Crippen molar-refractivity contribution in [3.8, 4) is 0 Å². The van der Waals surface area contributed by atoms with E-state index >= 15 is 0 Å². The van der Waals surface area contributed by atoms with Crippen molar-refractivity contribution < 1.29 is 19.6 Å². The number of methoxy groups -OCH3 is 1. The van der Waals surface area contributed by atoms with Gasteiger partial charge in [0, 0.05) is 25.5 Å². The second-order valence-electron chi connectivity index (χ2n) is 3.44. The van der Waals surface area contributed by atoms with Crippen molar-refractivity contribution in [1.29, 1.82) is 0 Å². The molecule has 0 atom stereocenters. The number of thioether (sulfide) groups is 1. The number of hydrogen-bond acceptors (Lipinski definition) is 5. The maximum absolute atomic E-state index is 10.9. The molecule has 0 bridgehead atoms. The Morgan fingerprint density at radius 2 is 2.28 bits per heavy atom. The Bertz CT molecular complexity index is 449. The van der Waals surface area contributed by atoms with Crippen LogP contribution in [0.25, 0.3) is 0 Å².